The highest BCUT2D eigenvalue weighted by Gasteiger charge is 2.07. The molecule has 0 aromatic carbocycles. The van der Waals surface area contributed by atoms with Crippen LogP contribution in [-0.4, -0.2) is 35.8 Å². The van der Waals surface area contributed by atoms with Gasteiger partial charge in [0, 0.05) is 5.75 Å². The van der Waals surface area contributed by atoms with Crippen LogP contribution in [0.2, 0.25) is 0 Å². The first kappa shape index (κ1) is 10.7. The third kappa shape index (κ3) is 4.42. The summed E-state index contributed by atoms with van der Waals surface area (Å²) in [6, 6.07) is 0. The highest BCUT2D eigenvalue weighted by Crippen LogP contribution is 2.11. The van der Waals surface area contributed by atoms with Crippen molar-refractivity contribution >= 4 is 34.8 Å². The molecule has 74 valence electrons. The normalized spacial score (nSPS) is 15.3. The lowest BCUT2D eigenvalue weighted by Gasteiger charge is -2.03. The van der Waals surface area contributed by atoms with Gasteiger partial charge in [-0.3, -0.25) is 9.79 Å². The number of rotatable bonds is 4. The van der Waals surface area contributed by atoms with Crippen molar-refractivity contribution in [2.45, 2.75) is 6.92 Å². The van der Waals surface area contributed by atoms with Crippen molar-refractivity contribution in [3.8, 4) is 0 Å². The molecule has 0 fully saturated rings. The van der Waals surface area contributed by atoms with Gasteiger partial charge >= 0.3 is 5.97 Å². The molecule has 1 rings (SSSR count). The minimum absolute atomic E-state index is 0.191. The van der Waals surface area contributed by atoms with E-state index in [1.54, 1.807) is 18.7 Å². The molecule has 0 aromatic heterocycles. The van der Waals surface area contributed by atoms with Crippen LogP contribution in [-0.2, 0) is 9.53 Å². The number of esters is 1. The lowest BCUT2D eigenvalue weighted by molar-refractivity contribution is -0.139. The zero-order valence-corrected chi connectivity index (χ0v) is 9.04. The summed E-state index contributed by atoms with van der Waals surface area (Å²) in [6.45, 7) is 3.11. The molecule has 1 N–H and O–H groups in total. The number of hydrogen-bond donors (Lipinski definition) is 1. The summed E-state index contributed by atoms with van der Waals surface area (Å²) < 4.78 is 7.76. The Labute approximate surface area is 86.0 Å². The standard InChI is InChI=1S/C7H12N2O2S2/c1-2-11-6(10)5-13-9-7-8-3-4-12-7/h2-5H2,1H3,(H,8,9). The lowest BCUT2D eigenvalue weighted by Crippen LogP contribution is -2.15. The van der Waals surface area contributed by atoms with Crippen molar-refractivity contribution in [1.82, 2.24) is 4.72 Å². The van der Waals surface area contributed by atoms with Crippen LogP contribution in [0.5, 0.6) is 0 Å². The Morgan fingerprint density at radius 1 is 1.85 bits per heavy atom. The minimum atomic E-state index is -0.191. The molecule has 0 bridgehead atoms. The highest BCUT2D eigenvalue weighted by molar-refractivity contribution is 8.15. The van der Waals surface area contributed by atoms with E-state index in [0.717, 1.165) is 17.5 Å². The smallest absolute Gasteiger partial charge is 0.317 e. The number of hydrogen-bond acceptors (Lipinski definition) is 6. The number of nitrogens with zero attached hydrogens (tertiary/aromatic N) is 1. The number of nitrogens with one attached hydrogen (secondary N) is 1. The summed E-state index contributed by atoms with van der Waals surface area (Å²) in [5.41, 5.74) is 0. The van der Waals surface area contributed by atoms with Gasteiger partial charge in [-0.1, -0.05) is 11.8 Å². The molecule has 0 aromatic rings. The fourth-order valence-electron chi connectivity index (χ4n) is 0.756. The molecule has 0 amide bonds. The van der Waals surface area contributed by atoms with Gasteiger partial charge in [-0.15, -0.1) is 0 Å². The van der Waals surface area contributed by atoms with E-state index in [4.69, 9.17) is 4.74 Å². The largest absolute Gasteiger partial charge is 0.465 e. The molecule has 0 saturated carbocycles. The first-order valence-corrected chi connectivity index (χ1v) is 6.00. The Balaban J connectivity index is 2.03. The fourth-order valence-corrected chi connectivity index (χ4v) is 2.19. The molecule has 0 radical (unpaired) electrons. The molecule has 1 aliphatic heterocycles. The molecule has 0 spiro atoms. The fraction of sp³-hybridized carbons (Fsp3) is 0.714. The topological polar surface area (TPSA) is 50.7 Å². The second-order valence-electron chi connectivity index (χ2n) is 2.23. The van der Waals surface area contributed by atoms with Gasteiger partial charge < -0.3 is 9.46 Å². The first-order valence-electron chi connectivity index (χ1n) is 4.03. The van der Waals surface area contributed by atoms with E-state index in [-0.39, 0.29) is 5.97 Å². The van der Waals surface area contributed by atoms with Crippen molar-refractivity contribution in [3.05, 3.63) is 0 Å². The third-order valence-corrected chi connectivity index (χ3v) is 2.98. The average molecular weight is 220 g/mol. The van der Waals surface area contributed by atoms with E-state index in [0.29, 0.717) is 12.4 Å². The van der Waals surface area contributed by atoms with Gasteiger partial charge in [0.25, 0.3) is 0 Å². The Kier molecular flexibility index (Phi) is 5.07. The molecule has 0 atom stereocenters. The van der Waals surface area contributed by atoms with E-state index >= 15 is 0 Å². The predicted octanol–water partition coefficient (Wildman–Crippen LogP) is 0.890. The van der Waals surface area contributed by atoms with E-state index in [1.807, 2.05) is 0 Å². The van der Waals surface area contributed by atoms with E-state index in [9.17, 15) is 4.79 Å². The highest BCUT2D eigenvalue weighted by atomic mass is 32.2. The molecule has 0 aliphatic carbocycles. The van der Waals surface area contributed by atoms with Crippen molar-refractivity contribution in [2.75, 3.05) is 24.7 Å². The average Bonchev–Trinajstić information content (AvgIpc) is 2.57. The van der Waals surface area contributed by atoms with Crippen LogP contribution in [0.25, 0.3) is 0 Å². The van der Waals surface area contributed by atoms with Gasteiger partial charge in [0.2, 0.25) is 0 Å². The SMILES string of the molecule is CCOC(=O)CSNC1=NCCS1. The Bertz CT molecular complexity index is 209. The summed E-state index contributed by atoms with van der Waals surface area (Å²) in [5, 5.41) is 0.911. The number of carbonyl (C=O) groups excluding carboxylic acids is 1. The summed E-state index contributed by atoms with van der Waals surface area (Å²) in [5.74, 6) is 1.17. The summed E-state index contributed by atoms with van der Waals surface area (Å²) >= 11 is 3.00. The van der Waals surface area contributed by atoms with Gasteiger partial charge in [-0.2, -0.15) is 0 Å². The van der Waals surface area contributed by atoms with Gasteiger partial charge in [0.1, 0.15) is 5.75 Å². The Morgan fingerprint density at radius 2 is 2.69 bits per heavy atom. The van der Waals surface area contributed by atoms with Gasteiger partial charge in [-0.05, 0) is 18.9 Å². The van der Waals surface area contributed by atoms with Gasteiger partial charge in [0.15, 0.2) is 5.17 Å². The zero-order valence-electron chi connectivity index (χ0n) is 7.41. The number of thioether (sulfide) groups is 1. The second kappa shape index (κ2) is 6.15. The summed E-state index contributed by atoms with van der Waals surface area (Å²) in [6.07, 6.45) is 0. The summed E-state index contributed by atoms with van der Waals surface area (Å²) in [7, 11) is 0. The monoisotopic (exact) mass is 220 g/mol. The second-order valence-corrected chi connectivity index (χ2v) is 4.10. The van der Waals surface area contributed by atoms with E-state index < -0.39 is 0 Å². The Morgan fingerprint density at radius 3 is 3.31 bits per heavy atom. The quantitative estimate of drug-likeness (QED) is 0.563. The predicted molar refractivity (Wildman–Crippen MR) is 57.0 cm³/mol. The third-order valence-electron chi connectivity index (χ3n) is 1.24. The number of ether oxygens (including phenoxy) is 1. The van der Waals surface area contributed by atoms with Crippen LogP contribution < -0.4 is 4.72 Å². The van der Waals surface area contributed by atoms with Crippen molar-refractivity contribution in [2.24, 2.45) is 4.99 Å². The molecule has 13 heavy (non-hydrogen) atoms. The zero-order chi connectivity index (χ0) is 9.52. The van der Waals surface area contributed by atoms with Crippen LogP contribution in [0.3, 0.4) is 0 Å². The van der Waals surface area contributed by atoms with Crippen molar-refractivity contribution in [1.29, 1.82) is 0 Å². The maximum Gasteiger partial charge on any atom is 0.317 e. The van der Waals surface area contributed by atoms with Crippen LogP contribution in [0.1, 0.15) is 6.92 Å². The maximum atomic E-state index is 10.9. The van der Waals surface area contributed by atoms with Crippen LogP contribution in [0.4, 0.5) is 0 Å². The van der Waals surface area contributed by atoms with Gasteiger partial charge in [0.05, 0.1) is 13.2 Å². The molecular weight excluding hydrogens is 208 g/mol. The maximum absolute atomic E-state index is 10.9. The van der Waals surface area contributed by atoms with Crippen molar-refractivity contribution in [3.63, 3.8) is 0 Å². The van der Waals surface area contributed by atoms with Gasteiger partial charge in [-0.25, -0.2) is 0 Å². The molecule has 6 heteroatoms. The molecule has 0 unspecified atom stereocenters. The number of aliphatic imine (C=N–C) groups is 1. The summed E-state index contributed by atoms with van der Waals surface area (Å²) in [4.78, 5) is 15.1. The number of carbonyl (C=O) groups is 1. The number of amidine groups is 1. The molecule has 1 heterocycles. The van der Waals surface area contributed by atoms with Crippen LogP contribution >= 0.6 is 23.7 Å². The van der Waals surface area contributed by atoms with Crippen molar-refractivity contribution < 1.29 is 9.53 Å². The first-order chi connectivity index (χ1) is 6.33. The lowest BCUT2D eigenvalue weighted by atomic mass is 10.8. The van der Waals surface area contributed by atoms with Crippen LogP contribution in [0.15, 0.2) is 4.99 Å². The molecule has 1 aliphatic rings. The molecule has 0 saturated heterocycles. The van der Waals surface area contributed by atoms with Crippen LogP contribution in [0, 0.1) is 0 Å². The molecular formula is C7H12N2O2S2. The van der Waals surface area contributed by atoms with E-state index in [1.165, 1.54) is 11.9 Å². The minimum Gasteiger partial charge on any atom is -0.465 e. The molecule has 4 nitrogen and oxygen atoms in total. The Hall–Kier alpha value is -0.360. The van der Waals surface area contributed by atoms with E-state index in [2.05, 4.69) is 9.71 Å².